The van der Waals surface area contributed by atoms with Gasteiger partial charge in [0, 0.05) is 4.47 Å². The van der Waals surface area contributed by atoms with Crippen molar-refractivity contribution >= 4 is 39.1 Å². The molecule has 2 N–H and O–H groups in total. The number of fused-ring (bicyclic) bond motifs is 1. The minimum atomic E-state index is -0.278. The molecule has 4 aromatic rings. The van der Waals surface area contributed by atoms with E-state index in [1.54, 1.807) is 18.3 Å². The van der Waals surface area contributed by atoms with Crippen molar-refractivity contribution in [3.8, 4) is 5.75 Å². The average molecular weight is 449 g/mol. The average Bonchev–Trinajstić information content (AvgIpc) is 3.16. The lowest BCUT2D eigenvalue weighted by atomic mass is 10.2. The number of hydrogen-bond donors (Lipinski definition) is 2. The molecule has 0 saturated carbocycles. The first-order valence-electron chi connectivity index (χ1n) is 8.93. The van der Waals surface area contributed by atoms with Gasteiger partial charge < -0.3 is 9.72 Å². The summed E-state index contributed by atoms with van der Waals surface area (Å²) in [5, 5.41) is 4.01. The molecule has 7 heteroatoms. The standard InChI is InChI=1S/C22H17BrN4O2/c23-18-6-2-1-5-17(18)22(28)27-24-13-15-9-11-16(12-10-15)29-14-21-25-19-7-3-4-8-20(19)26-21/h1-13H,14H2,(H,25,26)(H,27,28)/b24-13-. The Hall–Kier alpha value is -3.45. The Morgan fingerprint density at radius 1 is 1.07 bits per heavy atom. The van der Waals surface area contributed by atoms with Crippen LogP contribution in [0.2, 0.25) is 0 Å². The third-order valence-electron chi connectivity index (χ3n) is 4.19. The molecule has 0 aliphatic heterocycles. The number of amides is 1. The van der Waals surface area contributed by atoms with Crippen molar-refractivity contribution in [2.75, 3.05) is 0 Å². The first-order valence-corrected chi connectivity index (χ1v) is 9.73. The van der Waals surface area contributed by atoms with Crippen LogP contribution in [0.5, 0.6) is 5.75 Å². The normalized spacial score (nSPS) is 11.1. The second-order valence-electron chi connectivity index (χ2n) is 6.24. The van der Waals surface area contributed by atoms with Crippen LogP contribution in [-0.2, 0) is 6.61 Å². The van der Waals surface area contributed by atoms with Crippen molar-refractivity contribution in [3.05, 3.63) is 94.2 Å². The Morgan fingerprint density at radius 3 is 2.62 bits per heavy atom. The van der Waals surface area contributed by atoms with Gasteiger partial charge in [0.25, 0.3) is 5.91 Å². The molecular formula is C22H17BrN4O2. The highest BCUT2D eigenvalue weighted by Gasteiger charge is 2.07. The summed E-state index contributed by atoms with van der Waals surface area (Å²) in [5.74, 6) is 1.21. The van der Waals surface area contributed by atoms with Gasteiger partial charge >= 0.3 is 0 Å². The maximum absolute atomic E-state index is 12.1. The highest BCUT2D eigenvalue weighted by atomic mass is 79.9. The summed E-state index contributed by atoms with van der Waals surface area (Å²) >= 11 is 3.35. The topological polar surface area (TPSA) is 79.4 Å². The van der Waals surface area contributed by atoms with Crippen LogP contribution < -0.4 is 10.2 Å². The van der Waals surface area contributed by atoms with Crippen molar-refractivity contribution in [2.45, 2.75) is 6.61 Å². The maximum Gasteiger partial charge on any atom is 0.272 e. The van der Waals surface area contributed by atoms with Crippen LogP contribution in [0.1, 0.15) is 21.7 Å². The number of H-pyrrole nitrogens is 1. The number of nitrogens with zero attached hydrogens (tertiary/aromatic N) is 2. The zero-order chi connectivity index (χ0) is 20.1. The molecule has 0 aliphatic carbocycles. The first-order chi connectivity index (χ1) is 14.2. The second kappa shape index (κ2) is 8.70. The van der Waals surface area contributed by atoms with E-state index in [-0.39, 0.29) is 5.91 Å². The molecule has 0 bridgehead atoms. The third-order valence-corrected chi connectivity index (χ3v) is 4.88. The number of halogens is 1. The van der Waals surface area contributed by atoms with Gasteiger partial charge in [0.05, 0.1) is 22.8 Å². The molecule has 6 nitrogen and oxygen atoms in total. The fraction of sp³-hybridized carbons (Fsp3) is 0.0455. The summed E-state index contributed by atoms with van der Waals surface area (Å²) < 4.78 is 6.50. The van der Waals surface area contributed by atoms with Crippen LogP contribution in [-0.4, -0.2) is 22.1 Å². The second-order valence-corrected chi connectivity index (χ2v) is 7.09. The molecule has 0 saturated heterocycles. The molecule has 0 fully saturated rings. The molecule has 0 spiro atoms. The number of aromatic nitrogens is 2. The van der Waals surface area contributed by atoms with E-state index < -0.39 is 0 Å². The molecule has 144 valence electrons. The molecule has 4 rings (SSSR count). The van der Waals surface area contributed by atoms with Gasteiger partial charge in [-0.3, -0.25) is 4.79 Å². The third kappa shape index (κ3) is 4.70. The summed E-state index contributed by atoms with van der Waals surface area (Å²) in [4.78, 5) is 19.8. The number of nitrogens with one attached hydrogen (secondary N) is 2. The van der Waals surface area contributed by atoms with Gasteiger partial charge in [-0.25, -0.2) is 10.4 Å². The molecule has 0 unspecified atom stereocenters. The van der Waals surface area contributed by atoms with Gasteiger partial charge in [0.1, 0.15) is 18.2 Å². The van der Waals surface area contributed by atoms with E-state index in [0.717, 1.165) is 32.6 Å². The minimum Gasteiger partial charge on any atom is -0.486 e. The van der Waals surface area contributed by atoms with Crippen LogP contribution >= 0.6 is 15.9 Å². The Kier molecular flexibility index (Phi) is 5.67. The van der Waals surface area contributed by atoms with E-state index in [2.05, 4.69) is 36.4 Å². The number of rotatable bonds is 6. The van der Waals surface area contributed by atoms with E-state index >= 15 is 0 Å². The maximum atomic E-state index is 12.1. The van der Waals surface area contributed by atoms with Gasteiger partial charge in [0.15, 0.2) is 0 Å². The largest absolute Gasteiger partial charge is 0.486 e. The van der Waals surface area contributed by atoms with Crippen molar-refractivity contribution in [1.82, 2.24) is 15.4 Å². The molecular weight excluding hydrogens is 432 g/mol. The van der Waals surface area contributed by atoms with Gasteiger partial charge in [-0.15, -0.1) is 0 Å². The summed E-state index contributed by atoms with van der Waals surface area (Å²) in [7, 11) is 0. The zero-order valence-corrected chi connectivity index (χ0v) is 16.9. The first kappa shape index (κ1) is 18.9. The quantitative estimate of drug-likeness (QED) is 0.332. The smallest absolute Gasteiger partial charge is 0.272 e. The van der Waals surface area contributed by atoms with Crippen LogP contribution in [0.15, 0.2) is 82.4 Å². The number of ether oxygens (including phenoxy) is 1. The number of aromatic amines is 1. The van der Waals surface area contributed by atoms with E-state index in [9.17, 15) is 4.79 Å². The van der Waals surface area contributed by atoms with Gasteiger partial charge in [-0.05, 0) is 70.0 Å². The number of para-hydroxylation sites is 2. The lowest BCUT2D eigenvalue weighted by Crippen LogP contribution is -2.18. The highest BCUT2D eigenvalue weighted by molar-refractivity contribution is 9.10. The highest BCUT2D eigenvalue weighted by Crippen LogP contribution is 2.16. The van der Waals surface area contributed by atoms with E-state index in [1.165, 1.54) is 0 Å². The predicted octanol–water partition coefficient (Wildman–Crippen LogP) is 4.67. The van der Waals surface area contributed by atoms with E-state index in [1.807, 2.05) is 60.7 Å². The number of carbonyl (C=O) groups is 1. The lowest BCUT2D eigenvalue weighted by molar-refractivity contribution is 0.0954. The van der Waals surface area contributed by atoms with Crippen molar-refractivity contribution in [3.63, 3.8) is 0 Å². The summed E-state index contributed by atoms with van der Waals surface area (Å²) in [5.41, 5.74) is 5.79. The number of imidazole rings is 1. The number of benzene rings is 3. The predicted molar refractivity (Wildman–Crippen MR) is 116 cm³/mol. The van der Waals surface area contributed by atoms with Crippen LogP contribution in [0, 0.1) is 0 Å². The molecule has 1 aromatic heterocycles. The minimum absolute atomic E-state index is 0.278. The molecule has 0 atom stereocenters. The Bertz CT molecular complexity index is 1140. The molecule has 1 heterocycles. The fourth-order valence-corrected chi connectivity index (χ4v) is 3.21. The van der Waals surface area contributed by atoms with Crippen molar-refractivity contribution in [1.29, 1.82) is 0 Å². The van der Waals surface area contributed by atoms with Crippen LogP contribution in [0.4, 0.5) is 0 Å². The van der Waals surface area contributed by atoms with E-state index in [4.69, 9.17) is 4.74 Å². The Labute approximate surface area is 175 Å². The summed E-state index contributed by atoms with van der Waals surface area (Å²) in [6.07, 6.45) is 1.58. The number of hydrogen-bond acceptors (Lipinski definition) is 4. The monoisotopic (exact) mass is 448 g/mol. The summed E-state index contributed by atoms with van der Waals surface area (Å²) in [6.45, 7) is 0.351. The zero-order valence-electron chi connectivity index (χ0n) is 15.3. The Morgan fingerprint density at radius 2 is 1.83 bits per heavy atom. The lowest BCUT2D eigenvalue weighted by Gasteiger charge is -2.04. The van der Waals surface area contributed by atoms with Crippen LogP contribution in [0.3, 0.4) is 0 Å². The Balaban J connectivity index is 1.32. The van der Waals surface area contributed by atoms with Crippen LogP contribution in [0.25, 0.3) is 11.0 Å². The van der Waals surface area contributed by atoms with Gasteiger partial charge in [-0.2, -0.15) is 5.10 Å². The van der Waals surface area contributed by atoms with Gasteiger partial charge in [0.2, 0.25) is 0 Å². The number of hydrazone groups is 1. The molecule has 29 heavy (non-hydrogen) atoms. The van der Waals surface area contributed by atoms with Crippen molar-refractivity contribution in [2.24, 2.45) is 5.10 Å². The molecule has 0 aliphatic rings. The molecule has 0 radical (unpaired) electrons. The van der Waals surface area contributed by atoms with E-state index in [0.29, 0.717) is 12.2 Å². The number of carbonyl (C=O) groups excluding carboxylic acids is 1. The summed E-state index contributed by atoms with van der Waals surface area (Å²) in [6, 6.07) is 22.5. The molecule has 3 aromatic carbocycles. The SMILES string of the molecule is O=C(N/N=C\c1ccc(OCc2nc3ccccc3[nH]2)cc1)c1ccccc1Br. The fourth-order valence-electron chi connectivity index (χ4n) is 2.75. The van der Waals surface area contributed by atoms with Gasteiger partial charge in [-0.1, -0.05) is 24.3 Å². The molecule has 1 amide bonds. The van der Waals surface area contributed by atoms with Crippen molar-refractivity contribution < 1.29 is 9.53 Å².